The van der Waals surface area contributed by atoms with Gasteiger partial charge in [0, 0.05) is 17.0 Å². The van der Waals surface area contributed by atoms with Crippen LogP contribution in [0, 0.1) is 13.8 Å². The van der Waals surface area contributed by atoms with Gasteiger partial charge >= 0.3 is 0 Å². The van der Waals surface area contributed by atoms with Crippen LogP contribution in [0.15, 0.2) is 16.7 Å². The molecule has 4 heteroatoms. The van der Waals surface area contributed by atoms with Gasteiger partial charge in [-0.2, -0.15) is 0 Å². The Morgan fingerprint density at radius 1 is 1.47 bits per heavy atom. The summed E-state index contributed by atoms with van der Waals surface area (Å²) in [6.45, 7) is 6.09. The van der Waals surface area contributed by atoms with Gasteiger partial charge < -0.3 is 14.1 Å². The maximum Gasteiger partial charge on any atom is 0.217 e. The van der Waals surface area contributed by atoms with Crippen molar-refractivity contribution in [1.29, 1.82) is 0 Å². The average Bonchev–Trinajstić information content (AvgIpc) is 2.93. The smallest absolute Gasteiger partial charge is 0.217 e. The van der Waals surface area contributed by atoms with Crippen LogP contribution in [0.5, 0.6) is 0 Å². The van der Waals surface area contributed by atoms with E-state index < -0.39 is 0 Å². The van der Waals surface area contributed by atoms with Crippen LogP contribution in [-0.2, 0) is 6.42 Å². The Labute approximate surface area is 113 Å². The van der Waals surface area contributed by atoms with Crippen LogP contribution in [0.25, 0.3) is 0 Å². The van der Waals surface area contributed by atoms with E-state index in [0.717, 1.165) is 42.2 Å². The van der Waals surface area contributed by atoms with Gasteiger partial charge in [0.05, 0.1) is 12.3 Å². The molecule has 2 aromatic rings. The van der Waals surface area contributed by atoms with Crippen LogP contribution in [-0.4, -0.2) is 14.7 Å². The van der Waals surface area contributed by atoms with Crippen molar-refractivity contribution in [2.45, 2.75) is 52.2 Å². The van der Waals surface area contributed by atoms with Crippen molar-refractivity contribution in [3.8, 4) is 0 Å². The number of oxazole rings is 1. The second-order valence-corrected chi connectivity index (χ2v) is 5.45. The van der Waals surface area contributed by atoms with Crippen molar-refractivity contribution in [1.82, 2.24) is 9.55 Å². The molecule has 0 aromatic carbocycles. The van der Waals surface area contributed by atoms with Crippen LogP contribution in [0.1, 0.15) is 60.5 Å². The lowest BCUT2D eigenvalue weighted by Gasteiger charge is -2.22. The minimum absolute atomic E-state index is 0.0720. The summed E-state index contributed by atoms with van der Waals surface area (Å²) in [5, 5.41) is 10.1. The van der Waals surface area contributed by atoms with Crippen molar-refractivity contribution in [2.75, 3.05) is 0 Å². The number of fused-ring (bicyclic) bond motifs is 1. The highest BCUT2D eigenvalue weighted by Gasteiger charge is 2.26. The van der Waals surface area contributed by atoms with Crippen LogP contribution >= 0.6 is 0 Å². The minimum Gasteiger partial charge on any atom is -0.444 e. The molecule has 0 fully saturated rings. The number of aryl methyl sites for hydroxylation is 2. The summed E-state index contributed by atoms with van der Waals surface area (Å²) in [6.07, 6.45) is 4.36. The summed E-state index contributed by atoms with van der Waals surface area (Å²) < 4.78 is 7.90. The van der Waals surface area contributed by atoms with Crippen molar-refractivity contribution in [2.24, 2.45) is 0 Å². The second-order valence-electron chi connectivity index (χ2n) is 5.45. The van der Waals surface area contributed by atoms with E-state index in [9.17, 15) is 5.11 Å². The Kier molecular flexibility index (Phi) is 2.97. The fourth-order valence-electron chi connectivity index (χ4n) is 3.12. The van der Waals surface area contributed by atoms with Crippen molar-refractivity contribution in [3.63, 3.8) is 0 Å². The molecule has 0 saturated heterocycles. The summed E-state index contributed by atoms with van der Waals surface area (Å²) >= 11 is 0. The highest BCUT2D eigenvalue weighted by atomic mass is 16.4. The molecule has 102 valence electrons. The summed E-state index contributed by atoms with van der Waals surface area (Å²) in [5.74, 6) is 1.57. The Morgan fingerprint density at radius 2 is 2.26 bits per heavy atom. The molecule has 0 bridgehead atoms. The molecule has 0 aliphatic heterocycles. The second kappa shape index (κ2) is 4.53. The molecular weight excluding hydrogens is 240 g/mol. The van der Waals surface area contributed by atoms with Gasteiger partial charge in [-0.25, -0.2) is 4.98 Å². The van der Waals surface area contributed by atoms with Crippen LogP contribution in [0.2, 0.25) is 0 Å². The molecule has 1 aliphatic rings. The number of hydrogen-bond acceptors (Lipinski definition) is 3. The van der Waals surface area contributed by atoms with Gasteiger partial charge in [0.1, 0.15) is 11.8 Å². The van der Waals surface area contributed by atoms with Gasteiger partial charge in [0.15, 0.2) is 0 Å². The van der Waals surface area contributed by atoms with E-state index >= 15 is 0 Å². The maximum absolute atomic E-state index is 10.1. The van der Waals surface area contributed by atoms with Crippen LogP contribution in [0.3, 0.4) is 0 Å². The molecule has 3 rings (SSSR count). The quantitative estimate of drug-likeness (QED) is 0.902. The number of aromatic nitrogens is 2. The van der Waals surface area contributed by atoms with E-state index in [2.05, 4.69) is 29.5 Å². The van der Waals surface area contributed by atoms with E-state index in [1.165, 1.54) is 5.69 Å². The summed E-state index contributed by atoms with van der Waals surface area (Å²) in [6, 6.07) is 2.17. The first-order chi connectivity index (χ1) is 9.08. The lowest BCUT2D eigenvalue weighted by atomic mass is 9.95. The maximum atomic E-state index is 10.1. The molecule has 1 N–H and O–H groups in total. The highest BCUT2D eigenvalue weighted by molar-refractivity contribution is 5.33. The largest absolute Gasteiger partial charge is 0.444 e. The van der Waals surface area contributed by atoms with Crippen molar-refractivity contribution >= 4 is 0 Å². The zero-order chi connectivity index (χ0) is 13.6. The van der Waals surface area contributed by atoms with Gasteiger partial charge in [-0.05, 0) is 46.1 Å². The van der Waals surface area contributed by atoms with Gasteiger partial charge in [-0.1, -0.05) is 0 Å². The Morgan fingerprint density at radius 3 is 2.95 bits per heavy atom. The summed E-state index contributed by atoms with van der Waals surface area (Å²) in [7, 11) is 0. The van der Waals surface area contributed by atoms with Crippen molar-refractivity contribution in [3.05, 3.63) is 40.9 Å². The van der Waals surface area contributed by atoms with Gasteiger partial charge in [-0.15, -0.1) is 0 Å². The minimum atomic E-state index is -0.317. The monoisotopic (exact) mass is 260 g/mol. The Balaban J connectivity index is 2.05. The molecule has 2 atom stereocenters. The molecule has 0 radical (unpaired) electrons. The number of aliphatic hydroxyl groups is 1. The number of rotatable bonds is 2. The normalized spacial score (nSPS) is 20.3. The lowest BCUT2D eigenvalue weighted by molar-refractivity contribution is 0.155. The molecule has 1 aliphatic carbocycles. The first-order valence-corrected chi connectivity index (χ1v) is 6.89. The standard InChI is InChI=1S/C15H20N2O2/c1-9-7-12-13(5-4-6-14(12)18)17(9)11(3)15-16-8-10(2)19-15/h7-8,11,14,18H,4-6H2,1-3H3. The third-order valence-electron chi connectivity index (χ3n) is 4.00. The van der Waals surface area contributed by atoms with Crippen LogP contribution in [0.4, 0.5) is 0 Å². The van der Waals surface area contributed by atoms with Crippen LogP contribution < -0.4 is 0 Å². The zero-order valence-corrected chi connectivity index (χ0v) is 11.7. The zero-order valence-electron chi connectivity index (χ0n) is 11.7. The summed E-state index contributed by atoms with van der Waals surface area (Å²) in [4.78, 5) is 4.33. The fourth-order valence-corrected chi connectivity index (χ4v) is 3.12. The molecular formula is C15H20N2O2. The molecule has 2 unspecified atom stereocenters. The predicted molar refractivity (Wildman–Crippen MR) is 72.1 cm³/mol. The van der Waals surface area contributed by atoms with E-state index in [0.29, 0.717) is 0 Å². The lowest BCUT2D eigenvalue weighted by Crippen LogP contribution is -2.16. The number of hydrogen-bond donors (Lipinski definition) is 1. The van der Waals surface area contributed by atoms with Gasteiger partial charge in [0.25, 0.3) is 0 Å². The predicted octanol–water partition coefficient (Wildman–Crippen LogP) is 3.07. The number of aliphatic hydroxyl groups excluding tert-OH is 1. The molecule has 2 aromatic heterocycles. The molecule has 19 heavy (non-hydrogen) atoms. The first-order valence-electron chi connectivity index (χ1n) is 6.89. The topological polar surface area (TPSA) is 51.2 Å². The third kappa shape index (κ3) is 2.00. The molecule has 2 heterocycles. The molecule has 0 spiro atoms. The van der Waals surface area contributed by atoms with Crippen molar-refractivity contribution < 1.29 is 9.52 Å². The third-order valence-corrected chi connectivity index (χ3v) is 4.00. The Bertz CT molecular complexity index is 597. The molecule has 0 saturated carbocycles. The fraction of sp³-hybridized carbons (Fsp3) is 0.533. The number of nitrogens with zero attached hydrogens (tertiary/aromatic N) is 2. The van der Waals surface area contributed by atoms with E-state index in [1.807, 2.05) is 6.92 Å². The van der Waals surface area contributed by atoms with E-state index in [4.69, 9.17) is 4.42 Å². The SMILES string of the molecule is Cc1cnc(C(C)n2c(C)cc3c2CCCC3O)o1. The van der Waals surface area contributed by atoms with Gasteiger partial charge in [-0.3, -0.25) is 0 Å². The highest BCUT2D eigenvalue weighted by Crippen LogP contribution is 2.35. The summed E-state index contributed by atoms with van der Waals surface area (Å²) in [5.41, 5.74) is 3.48. The molecule has 4 nitrogen and oxygen atoms in total. The van der Waals surface area contributed by atoms with E-state index in [-0.39, 0.29) is 12.1 Å². The average molecular weight is 260 g/mol. The Hall–Kier alpha value is -1.55. The molecule has 0 amide bonds. The first kappa shape index (κ1) is 12.5. The van der Waals surface area contributed by atoms with E-state index in [1.54, 1.807) is 6.20 Å². The van der Waals surface area contributed by atoms with Gasteiger partial charge in [0.2, 0.25) is 5.89 Å².